The minimum Gasteiger partial charge on any atom is -0.383 e. The zero-order valence-electron chi connectivity index (χ0n) is 20.9. The third-order valence-corrected chi connectivity index (χ3v) is 7.77. The molecule has 192 valence electrons. The van der Waals surface area contributed by atoms with Crippen LogP contribution in [-0.4, -0.2) is 54.2 Å². The molecule has 4 N–H and O–H groups in total. The lowest BCUT2D eigenvalue weighted by Gasteiger charge is -2.38. The lowest BCUT2D eigenvalue weighted by molar-refractivity contribution is -0.147. The molecular formula is C28H27N7O3. The molecule has 1 aromatic carbocycles. The van der Waals surface area contributed by atoms with Crippen LogP contribution in [0.3, 0.4) is 0 Å². The Labute approximate surface area is 218 Å². The number of pyridine rings is 1. The zero-order valence-corrected chi connectivity index (χ0v) is 20.9. The van der Waals surface area contributed by atoms with Gasteiger partial charge in [0.1, 0.15) is 5.82 Å². The van der Waals surface area contributed by atoms with E-state index in [4.69, 9.17) is 16.5 Å². The van der Waals surface area contributed by atoms with E-state index < -0.39 is 11.8 Å². The molecule has 38 heavy (non-hydrogen) atoms. The molecule has 0 radical (unpaired) electrons. The van der Waals surface area contributed by atoms with E-state index in [1.54, 1.807) is 17.3 Å². The molecule has 2 fully saturated rings. The average molecular weight is 510 g/mol. The Hall–Kier alpha value is -4.60. The number of fused-ring (bicyclic) bond motifs is 3. The number of carbonyl (C=O) groups is 3. The van der Waals surface area contributed by atoms with Crippen molar-refractivity contribution in [3.8, 4) is 22.4 Å². The van der Waals surface area contributed by atoms with Crippen LogP contribution in [-0.2, 0) is 9.59 Å². The van der Waals surface area contributed by atoms with Gasteiger partial charge < -0.3 is 16.4 Å². The number of benzene rings is 1. The van der Waals surface area contributed by atoms with Crippen LogP contribution in [0.5, 0.6) is 0 Å². The molecule has 10 heteroatoms. The molecule has 2 bridgehead atoms. The molecule has 3 aromatic heterocycles. The number of amides is 2. The normalized spacial score (nSPS) is 20.6. The Morgan fingerprint density at radius 3 is 2.26 bits per heavy atom. The molecule has 3 atom stereocenters. The summed E-state index contributed by atoms with van der Waals surface area (Å²) in [7, 11) is 0. The van der Waals surface area contributed by atoms with E-state index in [0.717, 1.165) is 35.2 Å². The monoisotopic (exact) mass is 509 g/mol. The SMILES string of the molecule is CC(=O)c1c([C@@H]2CC3CC[C@@H](C2)N3C(=O)C(N)=O)nc2c(-c3ccc(-c4ccccc4)nc3)cnn2c1N. The van der Waals surface area contributed by atoms with Crippen molar-refractivity contribution in [1.82, 2.24) is 24.5 Å². The Morgan fingerprint density at radius 2 is 1.66 bits per heavy atom. The first-order chi connectivity index (χ1) is 18.3. The second-order valence-electron chi connectivity index (χ2n) is 10.0. The number of Topliss-reactive ketones (excluding diaryl/α,β-unsaturated/α-hetero) is 1. The van der Waals surface area contributed by atoms with Crippen molar-refractivity contribution in [3.05, 3.63) is 66.1 Å². The molecule has 0 spiro atoms. The van der Waals surface area contributed by atoms with E-state index in [1.165, 1.54) is 11.4 Å². The number of rotatable bonds is 4. The summed E-state index contributed by atoms with van der Waals surface area (Å²) in [6, 6.07) is 13.6. The third kappa shape index (κ3) is 3.80. The molecule has 2 aliphatic heterocycles. The maximum Gasteiger partial charge on any atom is 0.312 e. The predicted octanol–water partition coefficient (Wildman–Crippen LogP) is 2.97. The summed E-state index contributed by atoms with van der Waals surface area (Å²) in [5.41, 5.74) is 16.8. The van der Waals surface area contributed by atoms with Gasteiger partial charge in [0.15, 0.2) is 11.4 Å². The Kier molecular flexibility index (Phi) is 5.67. The van der Waals surface area contributed by atoms with Crippen molar-refractivity contribution in [3.63, 3.8) is 0 Å². The van der Waals surface area contributed by atoms with Crippen molar-refractivity contribution in [2.75, 3.05) is 5.73 Å². The number of nitrogen functional groups attached to an aromatic ring is 1. The highest BCUT2D eigenvalue weighted by Gasteiger charge is 2.46. The van der Waals surface area contributed by atoms with Crippen LogP contribution < -0.4 is 11.5 Å². The lowest BCUT2D eigenvalue weighted by atomic mass is 9.85. The molecule has 2 saturated heterocycles. The number of nitrogens with two attached hydrogens (primary N) is 2. The Balaban J connectivity index is 1.40. The van der Waals surface area contributed by atoms with E-state index in [-0.39, 0.29) is 29.6 Å². The highest BCUT2D eigenvalue weighted by atomic mass is 16.2. The average Bonchev–Trinajstić information content (AvgIpc) is 3.46. The van der Waals surface area contributed by atoms with Gasteiger partial charge in [-0.3, -0.25) is 19.4 Å². The van der Waals surface area contributed by atoms with Gasteiger partial charge in [0.25, 0.3) is 0 Å². The van der Waals surface area contributed by atoms with Crippen LogP contribution in [0.25, 0.3) is 28.0 Å². The van der Waals surface area contributed by atoms with Crippen LogP contribution in [0.2, 0.25) is 0 Å². The first-order valence-electron chi connectivity index (χ1n) is 12.7. The van der Waals surface area contributed by atoms with Crippen LogP contribution in [0.4, 0.5) is 5.82 Å². The number of aromatic nitrogens is 4. The molecule has 0 aliphatic carbocycles. The van der Waals surface area contributed by atoms with Crippen LogP contribution in [0.1, 0.15) is 54.6 Å². The number of anilines is 1. The summed E-state index contributed by atoms with van der Waals surface area (Å²) in [5.74, 6) is -1.64. The summed E-state index contributed by atoms with van der Waals surface area (Å²) >= 11 is 0. The van der Waals surface area contributed by atoms with Crippen molar-refractivity contribution in [2.45, 2.75) is 50.6 Å². The van der Waals surface area contributed by atoms with Crippen molar-refractivity contribution in [1.29, 1.82) is 0 Å². The molecule has 0 saturated carbocycles. The first kappa shape index (κ1) is 23.8. The second-order valence-corrected chi connectivity index (χ2v) is 10.0. The number of ketones is 1. The van der Waals surface area contributed by atoms with E-state index in [1.807, 2.05) is 42.5 Å². The van der Waals surface area contributed by atoms with Gasteiger partial charge in [-0.05, 0) is 38.7 Å². The van der Waals surface area contributed by atoms with Gasteiger partial charge in [-0.15, -0.1) is 0 Å². The van der Waals surface area contributed by atoms with Gasteiger partial charge in [0.2, 0.25) is 0 Å². The second kappa shape index (κ2) is 9.05. The van der Waals surface area contributed by atoms with E-state index >= 15 is 0 Å². The molecule has 2 amide bonds. The number of nitrogens with zero attached hydrogens (tertiary/aromatic N) is 5. The molecule has 5 heterocycles. The van der Waals surface area contributed by atoms with Gasteiger partial charge >= 0.3 is 11.8 Å². The molecule has 4 aromatic rings. The topological polar surface area (TPSA) is 150 Å². The summed E-state index contributed by atoms with van der Waals surface area (Å²) in [6.45, 7) is 1.47. The van der Waals surface area contributed by atoms with Gasteiger partial charge in [-0.1, -0.05) is 36.4 Å². The minimum atomic E-state index is -0.940. The fourth-order valence-electron chi connectivity index (χ4n) is 6.08. The van der Waals surface area contributed by atoms with E-state index in [2.05, 4.69) is 10.1 Å². The minimum absolute atomic E-state index is 0.100. The van der Waals surface area contributed by atoms with E-state index in [0.29, 0.717) is 29.7 Å². The smallest absolute Gasteiger partial charge is 0.312 e. The highest BCUT2D eigenvalue weighted by Crippen LogP contribution is 2.44. The van der Waals surface area contributed by atoms with Crippen molar-refractivity contribution < 1.29 is 14.4 Å². The van der Waals surface area contributed by atoms with Gasteiger partial charge in [0, 0.05) is 40.9 Å². The van der Waals surface area contributed by atoms with Crippen molar-refractivity contribution in [2.24, 2.45) is 5.73 Å². The Morgan fingerprint density at radius 1 is 0.947 bits per heavy atom. The molecule has 6 rings (SSSR count). The largest absolute Gasteiger partial charge is 0.383 e. The number of hydrogen-bond donors (Lipinski definition) is 2. The predicted molar refractivity (Wildman–Crippen MR) is 141 cm³/mol. The summed E-state index contributed by atoms with van der Waals surface area (Å²) in [6.07, 6.45) is 6.19. The number of primary amides is 1. The number of carbonyl (C=O) groups excluding carboxylic acids is 3. The van der Waals surface area contributed by atoms with Crippen molar-refractivity contribution >= 4 is 29.1 Å². The molecular weight excluding hydrogens is 482 g/mol. The first-order valence-corrected chi connectivity index (χ1v) is 12.7. The number of hydrogen-bond acceptors (Lipinski definition) is 7. The van der Waals surface area contributed by atoms with Crippen LogP contribution in [0.15, 0.2) is 54.9 Å². The van der Waals surface area contributed by atoms with E-state index in [9.17, 15) is 14.4 Å². The van der Waals surface area contributed by atoms with Gasteiger partial charge in [0.05, 0.1) is 23.1 Å². The summed E-state index contributed by atoms with van der Waals surface area (Å²) in [4.78, 5) is 48.0. The number of piperidine rings is 1. The van der Waals surface area contributed by atoms with Gasteiger partial charge in [-0.2, -0.15) is 9.61 Å². The summed E-state index contributed by atoms with van der Waals surface area (Å²) < 4.78 is 1.50. The summed E-state index contributed by atoms with van der Waals surface area (Å²) in [5, 5.41) is 4.45. The third-order valence-electron chi connectivity index (χ3n) is 7.77. The van der Waals surface area contributed by atoms with Gasteiger partial charge in [-0.25, -0.2) is 4.98 Å². The zero-order chi connectivity index (χ0) is 26.6. The standard InChI is InChI=1S/C28H27N7O3/c1-15(36)23-24(18-11-19-8-9-20(12-18)34(19)28(38)26(30)37)33-27-21(14-32-35(27)25(23)29)17-7-10-22(31-13-17)16-5-3-2-4-6-16/h2-7,10,13-14,18-20H,8-9,11-12,29H2,1H3,(H2,30,37)/t18-,19-,20?/m0/s1. The van der Waals surface area contributed by atoms with Crippen LogP contribution >= 0.6 is 0 Å². The fourth-order valence-corrected chi connectivity index (χ4v) is 6.08. The molecule has 10 nitrogen and oxygen atoms in total. The maximum atomic E-state index is 12.8. The molecule has 1 unspecified atom stereocenters. The lowest BCUT2D eigenvalue weighted by Crippen LogP contribution is -2.50. The fraction of sp³-hybridized carbons (Fsp3) is 0.286. The maximum absolute atomic E-state index is 12.8. The van der Waals surface area contributed by atoms with Crippen LogP contribution in [0, 0.1) is 0 Å². The highest BCUT2D eigenvalue weighted by molar-refractivity contribution is 6.34. The quantitative estimate of drug-likeness (QED) is 0.317. The molecule has 2 aliphatic rings. The Bertz CT molecular complexity index is 1570.